The van der Waals surface area contributed by atoms with Gasteiger partial charge in [0, 0.05) is 24.9 Å². The molecule has 1 atom stereocenters. The quantitative estimate of drug-likeness (QED) is 0.857. The number of carbonyl (C=O) groups is 1. The maximum atomic E-state index is 13.0. The third-order valence-corrected chi connectivity index (χ3v) is 5.21. The molecule has 1 aromatic carbocycles. The number of para-hydroxylation sites is 1. The molecule has 1 aromatic rings. The van der Waals surface area contributed by atoms with E-state index in [-0.39, 0.29) is 17.6 Å². The summed E-state index contributed by atoms with van der Waals surface area (Å²) in [5.41, 5.74) is 0.793. The first-order valence-corrected chi connectivity index (χ1v) is 8.63. The average Bonchev–Trinajstić information content (AvgIpc) is 3.05. The molecule has 23 heavy (non-hydrogen) atoms. The second-order valence-corrected chi connectivity index (χ2v) is 6.85. The summed E-state index contributed by atoms with van der Waals surface area (Å²) in [5.74, 6) is 1.14. The molecule has 124 valence electrons. The number of nitrogens with one attached hydrogen (secondary N) is 1. The monoisotopic (exact) mass is 316 g/mol. The summed E-state index contributed by atoms with van der Waals surface area (Å²) in [6.07, 6.45) is 3.69. The Balaban J connectivity index is 1.64. The van der Waals surface area contributed by atoms with Gasteiger partial charge in [0.2, 0.25) is 5.91 Å². The smallest absolute Gasteiger partial charge is 0.240 e. The zero-order valence-corrected chi connectivity index (χ0v) is 13.4. The topological polar surface area (TPSA) is 50.8 Å². The number of fused-ring (bicyclic) bond motifs is 1. The molecule has 1 spiro atoms. The van der Waals surface area contributed by atoms with E-state index < -0.39 is 0 Å². The fourth-order valence-electron chi connectivity index (χ4n) is 3.88. The number of ether oxygens (including phenoxy) is 2. The highest BCUT2D eigenvalue weighted by Gasteiger charge is 2.42. The number of rotatable bonds is 1. The van der Waals surface area contributed by atoms with Crippen molar-refractivity contribution in [2.24, 2.45) is 0 Å². The summed E-state index contributed by atoms with van der Waals surface area (Å²) in [4.78, 5) is 15.0. The van der Waals surface area contributed by atoms with E-state index in [0.29, 0.717) is 26.3 Å². The maximum Gasteiger partial charge on any atom is 0.240 e. The van der Waals surface area contributed by atoms with Crippen LogP contribution in [-0.4, -0.2) is 48.8 Å². The first kappa shape index (κ1) is 15.0. The lowest BCUT2D eigenvalue weighted by molar-refractivity contribution is -0.138. The van der Waals surface area contributed by atoms with Crippen molar-refractivity contribution in [3.63, 3.8) is 0 Å². The van der Waals surface area contributed by atoms with Crippen LogP contribution in [0.15, 0.2) is 24.3 Å². The van der Waals surface area contributed by atoms with Crippen LogP contribution in [0, 0.1) is 0 Å². The van der Waals surface area contributed by atoms with Gasteiger partial charge in [-0.3, -0.25) is 4.79 Å². The molecule has 2 fully saturated rings. The summed E-state index contributed by atoms with van der Waals surface area (Å²) < 4.78 is 12.0. The Morgan fingerprint density at radius 1 is 1.26 bits per heavy atom. The van der Waals surface area contributed by atoms with Crippen LogP contribution in [0.25, 0.3) is 0 Å². The zero-order chi connectivity index (χ0) is 15.7. The van der Waals surface area contributed by atoms with Crippen molar-refractivity contribution in [3.8, 4) is 5.75 Å². The van der Waals surface area contributed by atoms with E-state index in [1.807, 2.05) is 23.1 Å². The maximum absolute atomic E-state index is 13.0. The first-order chi connectivity index (χ1) is 11.3. The lowest BCUT2D eigenvalue weighted by Crippen LogP contribution is -2.53. The van der Waals surface area contributed by atoms with Crippen molar-refractivity contribution in [3.05, 3.63) is 29.8 Å². The minimum absolute atomic E-state index is 0.0304. The van der Waals surface area contributed by atoms with E-state index in [1.54, 1.807) is 0 Å². The van der Waals surface area contributed by atoms with E-state index >= 15 is 0 Å². The van der Waals surface area contributed by atoms with Crippen LogP contribution in [0.4, 0.5) is 0 Å². The summed E-state index contributed by atoms with van der Waals surface area (Å²) in [5, 5.41) is 3.33. The van der Waals surface area contributed by atoms with Crippen LogP contribution in [0.1, 0.15) is 31.2 Å². The summed E-state index contributed by atoms with van der Waals surface area (Å²) in [6, 6.07) is 8.07. The Kier molecular flexibility index (Phi) is 3.99. The van der Waals surface area contributed by atoms with Crippen molar-refractivity contribution < 1.29 is 14.3 Å². The Labute approximate surface area is 136 Å². The highest BCUT2D eigenvalue weighted by Crippen LogP contribution is 2.35. The molecule has 0 bridgehead atoms. The number of carbonyl (C=O) groups excluding carboxylic acids is 1. The summed E-state index contributed by atoms with van der Waals surface area (Å²) in [7, 11) is 0. The van der Waals surface area contributed by atoms with Crippen molar-refractivity contribution in [1.29, 1.82) is 0 Å². The molecule has 0 aliphatic carbocycles. The average molecular weight is 316 g/mol. The number of nitrogens with zero attached hydrogens (tertiary/aromatic N) is 1. The molecule has 3 heterocycles. The predicted octanol–water partition coefficient (Wildman–Crippen LogP) is 1.71. The number of amides is 1. The number of hydrogen-bond acceptors (Lipinski definition) is 4. The van der Waals surface area contributed by atoms with Gasteiger partial charge in [-0.1, -0.05) is 18.2 Å². The van der Waals surface area contributed by atoms with Crippen molar-refractivity contribution in [2.75, 3.05) is 26.3 Å². The van der Waals surface area contributed by atoms with E-state index in [0.717, 1.165) is 43.5 Å². The van der Waals surface area contributed by atoms with Gasteiger partial charge in [-0.2, -0.15) is 0 Å². The second kappa shape index (κ2) is 6.13. The molecule has 1 amide bonds. The number of hydrogen-bond donors (Lipinski definition) is 1. The molecule has 0 radical (unpaired) electrons. The minimum atomic E-state index is -0.306. The Hall–Kier alpha value is -1.59. The predicted molar refractivity (Wildman–Crippen MR) is 86.3 cm³/mol. The molecule has 5 heteroatoms. The molecule has 0 aromatic heterocycles. The van der Waals surface area contributed by atoms with Gasteiger partial charge < -0.3 is 19.7 Å². The zero-order valence-electron chi connectivity index (χ0n) is 13.4. The van der Waals surface area contributed by atoms with E-state index in [1.165, 1.54) is 0 Å². The SMILES string of the molecule is O=C([C@@H]1CCCN1)N1Cc2ccccc2OC2(CCOCC2)C1. The third-order valence-electron chi connectivity index (χ3n) is 5.21. The summed E-state index contributed by atoms with van der Waals surface area (Å²) >= 11 is 0. The van der Waals surface area contributed by atoms with Crippen LogP contribution in [-0.2, 0) is 16.1 Å². The van der Waals surface area contributed by atoms with Crippen molar-refractivity contribution in [2.45, 2.75) is 43.9 Å². The van der Waals surface area contributed by atoms with Gasteiger partial charge in [0.1, 0.15) is 11.4 Å². The first-order valence-electron chi connectivity index (χ1n) is 8.63. The molecular weight excluding hydrogens is 292 g/mol. The second-order valence-electron chi connectivity index (χ2n) is 6.85. The van der Waals surface area contributed by atoms with Gasteiger partial charge in [-0.15, -0.1) is 0 Å². The van der Waals surface area contributed by atoms with Crippen molar-refractivity contribution >= 4 is 5.91 Å². The van der Waals surface area contributed by atoms with Crippen LogP contribution in [0.5, 0.6) is 5.75 Å². The highest BCUT2D eigenvalue weighted by molar-refractivity contribution is 5.82. The molecule has 3 aliphatic rings. The fourth-order valence-corrected chi connectivity index (χ4v) is 3.88. The van der Waals surface area contributed by atoms with Gasteiger partial charge in [0.05, 0.1) is 25.8 Å². The Morgan fingerprint density at radius 2 is 2.09 bits per heavy atom. The van der Waals surface area contributed by atoms with E-state index in [4.69, 9.17) is 9.47 Å². The van der Waals surface area contributed by atoms with Gasteiger partial charge in [0.25, 0.3) is 0 Å². The van der Waals surface area contributed by atoms with Crippen LogP contribution in [0.3, 0.4) is 0 Å². The molecular formula is C18H24N2O3. The van der Waals surface area contributed by atoms with Gasteiger partial charge in [-0.05, 0) is 25.5 Å². The highest BCUT2D eigenvalue weighted by atomic mass is 16.5. The lowest BCUT2D eigenvalue weighted by Gasteiger charge is -2.39. The third kappa shape index (κ3) is 2.95. The normalized spacial score (nSPS) is 26.4. The van der Waals surface area contributed by atoms with E-state index in [2.05, 4.69) is 11.4 Å². The standard InChI is InChI=1S/C18H24N2O3/c21-17(15-5-3-9-19-15)20-12-14-4-1-2-6-16(14)23-18(13-20)7-10-22-11-8-18/h1-2,4,6,15,19H,3,5,7-13H2/t15-/m0/s1. The lowest BCUT2D eigenvalue weighted by atomic mass is 9.93. The van der Waals surface area contributed by atoms with Gasteiger partial charge >= 0.3 is 0 Å². The molecule has 5 nitrogen and oxygen atoms in total. The fraction of sp³-hybridized carbons (Fsp3) is 0.611. The molecule has 3 aliphatic heterocycles. The van der Waals surface area contributed by atoms with Gasteiger partial charge in [-0.25, -0.2) is 0 Å². The van der Waals surface area contributed by atoms with Crippen molar-refractivity contribution in [1.82, 2.24) is 10.2 Å². The molecule has 4 rings (SSSR count). The van der Waals surface area contributed by atoms with E-state index in [9.17, 15) is 4.79 Å². The number of benzene rings is 1. The largest absolute Gasteiger partial charge is 0.485 e. The molecule has 0 saturated carbocycles. The molecule has 1 N–H and O–H groups in total. The Bertz CT molecular complexity index is 577. The summed E-state index contributed by atoms with van der Waals surface area (Å²) in [6.45, 7) is 3.63. The molecule has 2 saturated heterocycles. The van der Waals surface area contributed by atoms with Crippen LogP contribution in [0.2, 0.25) is 0 Å². The van der Waals surface area contributed by atoms with Gasteiger partial charge in [0.15, 0.2) is 0 Å². The molecule has 0 unspecified atom stereocenters. The minimum Gasteiger partial charge on any atom is -0.485 e. The van der Waals surface area contributed by atoms with Crippen LogP contribution < -0.4 is 10.1 Å². The Morgan fingerprint density at radius 3 is 2.87 bits per heavy atom. The van der Waals surface area contributed by atoms with Crippen LogP contribution >= 0.6 is 0 Å².